The lowest BCUT2D eigenvalue weighted by Gasteiger charge is -2.27. The van der Waals surface area contributed by atoms with Gasteiger partial charge in [0.1, 0.15) is 6.61 Å². The molecule has 0 aromatic heterocycles. The summed E-state index contributed by atoms with van der Waals surface area (Å²) >= 11 is 0. The summed E-state index contributed by atoms with van der Waals surface area (Å²) in [6.45, 7) is 7.38. The second-order valence-electron chi connectivity index (χ2n) is 8.01. The molecule has 136 valence electrons. The summed E-state index contributed by atoms with van der Waals surface area (Å²) in [5.41, 5.74) is 2.61. The lowest BCUT2D eigenvalue weighted by molar-refractivity contribution is 0.292. The molecule has 1 saturated carbocycles. The molecule has 2 nitrogen and oxygen atoms in total. The van der Waals surface area contributed by atoms with Crippen molar-refractivity contribution in [2.45, 2.75) is 71.3 Å². The molecule has 0 bridgehead atoms. The summed E-state index contributed by atoms with van der Waals surface area (Å²) in [4.78, 5) is 4.73. The largest absolute Gasteiger partial charge is 0.475 e. The summed E-state index contributed by atoms with van der Waals surface area (Å²) in [6, 6.07) is 9.29. The van der Waals surface area contributed by atoms with Crippen LogP contribution in [0.5, 0.6) is 0 Å². The number of allylic oxidation sites excluding steroid dienone is 2. The minimum absolute atomic E-state index is 0.311. The van der Waals surface area contributed by atoms with E-state index in [9.17, 15) is 0 Å². The molecule has 1 aliphatic heterocycles. The Hall–Kier alpha value is -1.57. The minimum Gasteiger partial charge on any atom is -0.475 e. The molecule has 0 radical (unpaired) electrons. The van der Waals surface area contributed by atoms with E-state index in [0.717, 1.165) is 29.9 Å². The van der Waals surface area contributed by atoms with Crippen LogP contribution in [0.1, 0.15) is 76.3 Å². The zero-order chi connectivity index (χ0) is 17.6. The van der Waals surface area contributed by atoms with Crippen molar-refractivity contribution in [2.24, 2.45) is 16.8 Å². The van der Waals surface area contributed by atoms with E-state index < -0.39 is 0 Å². The van der Waals surface area contributed by atoms with Crippen molar-refractivity contribution in [3.8, 4) is 0 Å². The Balaban J connectivity index is 1.56. The maximum atomic E-state index is 5.80. The average molecular weight is 340 g/mol. The summed E-state index contributed by atoms with van der Waals surface area (Å²) in [5.74, 6) is 2.89. The molecule has 0 spiro atoms. The summed E-state index contributed by atoms with van der Waals surface area (Å²) in [5, 5.41) is 0. The number of hydrogen-bond acceptors (Lipinski definition) is 2. The summed E-state index contributed by atoms with van der Waals surface area (Å²) in [6.07, 6.45) is 12.6. The predicted octanol–water partition coefficient (Wildman–Crippen LogP) is 6.12. The molecule has 0 N–H and O–H groups in total. The first-order chi connectivity index (χ1) is 12.2. The highest BCUT2D eigenvalue weighted by molar-refractivity contribution is 5.95. The van der Waals surface area contributed by atoms with Gasteiger partial charge in [0.05, 0.1) is 6.04 Å². The van der Waals surface area contributed by atoms with E-state index in [1.54, 1.807) is 0 Å². The van der Waals surface area contributed by atoms with Crippen LogP contribution in [0.4, 0.5) is 0 Å². The van der Waals surface area contributed by atoms with Gasteiger partial charge >= 0.3 is 0 Å². The van der Waals surface area contributed by atoms with E-state index in [-0.39, 0.29) is 0 Å². The van der Waals surface area contributed by atoms with Crippen molar-refractivity contribution in [3.05, 3.63) is 47.5 Å². The molecule has 25 heavy (non-hydrogen) atoms. The van der Waals surface area contributed by atoms with Gasteiger partial charge in [-0.2, -0.15) is 0 Å². The Labute approximate surface area is 153 Å². The van der Waals surface area contributed by atoms with Gasteiger partial charge in [-0.25, -0.2) is 4.99 Å². The smallest absolute Gasteiger partial charge is 0.216 e. The van der Waals surface area contributed by atoms with Crippen LogP contribution in [-0.2, 0) is 4.74 Å². The molecule has 3 rings (SSSR count). The van der Waals surface area contributed by atoms with Crippen molar-refractivity contribution < 1.29 is 4.74 Å². The number of aliphatic imine (C=N–C) groups is 1. The van der Waals surface area contributed by atoms with Crippen LogP contribution in [-0.4, -0.2) is 18.5 Å². The van der Waals surface area contributed by atoms with Gasteiger partial charge in [-0.05, 0) is 67.6 Å². The zero-order valence-electron chi connectivity index (χ0n) is 16.1. The fourth-order valence-electron chi connectivity index (χ4n) is 3.89. The van der Waals surface area contributed by atoms with Crippen LogP contribution in [0.25, 0.3) is 0 Å². The maximum Gasteiger partial charge on any atom is 0.216 e. The topological polar surface area (TPSA) is 21.6 Å². The SMILES string of the molecule is CCC/C=C/C1CCC(c2ccc(C3=N[C@@H](C(C)C)CO3)cc2)CC1. The third-order valence-electron chi connectivity index (χ3n) is 5.71. The Morgan fingerprint density at radius 1 is 1.12 bits per heavy atom. The van der Waals surface area contributed by atoms with Crippen LogP contribution < -0.4 is 0 Å². The molecular formula is C23H33NO. The van der Waals surface area contributed by atoms with E-state index >= 15 is 0 Å². The monoisotopic (exact) mass is 339 g/mol. The lowest BCUT2D eigenvalue weighted by atomic mass is 9.78. The molecule has 0 amide bonds. The van der Waals surface area contributed by atoms with Crippen LogP contribution in [0.2, 0.25) is 0 Å². The van der Waals surface area contributed by atoms with Crippen LogP contribution in [0.15, 0.2) is 41.4 Å². The molecule has 2 aliphatic rings. The fraction of sp³-hybridized carbons (Fsp3) is 0.609. The van der Waals surface area contributed by atoms with Gasteiger partial charge in [0, 0.05) is 5.56 Å². The van der Waals surface area contributed by atoms with Crippen molar-refractivity contribution in [3.63, 3.8) is 0 Å². The molecule has 0 unspecified atom stereocenters. The molecule has 1 aromatic carbocycles. The van der Waals surface area contributed by atoms with Crippen molar-refractivity contribution in [2.75, 3.05) is 6.61 Å². The molecule has 1 aliphatic carbocycles. The van der Waals surface area contributed by atoms with Gasteiger partial charge in [0.2, 0.25) is 5.90 Å². The minimum atomic E-state index is 0.311. The second kappa shape index (κ2) is 8.69. The van der Waals surface area contributed by atoms with E-state index in [1.165, 1.54) is 44.1 Å². The van der Waals surface area contributed by atoms with E-state index in [1.807, 2.05) is 0 Å². The van der Waals surface area contributed by atoms with Crippen LogP contribution in [0.3, 0.4) is 0 Å². The quantitative estimate of drug-likeness (QED) is 0.572. The highest BCUT2D eigenvalue weighted by Gasteiger charge is 2.24. The number of benzene rings is 1. The predicted molar refractivity (Wildman–Crippen MR) is 106 cm³/mol. The number of ether oxygens (including phenoxy) is 1. The van der Waals surface area contributed by atoms with Crippen molar-refractivity contribution >= 4 is 5.90 Å². The molecule has 1 aromatic rings. The van der Waals surface area contributed by atoms with Gasteiger partial charge in [0.25, 0.3) is 0 Å². The highest BCUT2D eigenvalue weighted by Crippen LogP contribution is 2.36. The average Bonchev–Trinajstić information content (AvgIpc) is 3.13. The Morgan fingerprint density at radius 2 is 1.84 bits per heavy atom. The lowest BCUT2D eigenvalue weighted by Crippen LogP contribution is -2.13. The molecule has 0 saturated heterocycles. The van der Waals surface area contributed by atoms with E-state index in [4.69, 9.17) is 9.73 Å². The first-order valence-electron chi connectivity index (χ1n) is 10.1. The number of hydrogen-bond donors (Lipinski definition) is 0. The van der Waals surface area contributed by atoms with Gasteiger partial charge in [-0.1, -0.05) is 51.5 Å². The van der Waals surface area contributed by atoms with Gasteiger partial charge in [-0.15, -0.1) is 0 Å². The Morgan fingerprint density at radius 3 is 2.44 bits per heavy atom. The third kappa shape index (κ3) is 4.74. The Kier molecular flexibility index (Phi) is 6.34. The second-order valence-corrected chi connectivity index (χ2v) is 8.01. The normalized spacial score (nSPS) is 26.9. The maximum absolute atomic E-state index is 5.80. The summed E-state index contributed by atoms with van der Waals surface area (Å²) < 4.78 is 5.80. The standard InChI is InChI=1S/C23H33NO/c1-4-5-6-7-18-8-10-19(11-9-18)20-12-14-21(15-13-20)23-24-22(16-25-23)17(2)3/h6-7,12-15,17-19,22H,4-5,8-11,16H2,1-3H3/b7-6+/t18?,19?,22-/m1/s1. The molecule has 2 heteroatoms. The highest BCUT2D eigenvalue weighted by atomic mass is 16.5. The molecule has 1 atom stereocenters. The van der Waals surface area contributed by atoms with E-state index in [2.05, 4.69) is 57.2 Å². The number of rotatable bonds is 6. The molecular weight excluding hydrogens is 306 g/mol. The van der Waals surface area contributed by atoms with Crippen LogP contribution >= 0.6 is 0 Å². The number of nitrogens with zero attached hydrogens (tertiary/aromatic N) is 1. The number of unbranched alkanes of at least 4 members (excludes halogenated alkanes) is 1. The first-order valence-corrected chi connectivity index (χ1v) is 10.1. The third-order valence-corrected chi connectivity index (χ3v) is 5.71. The zero-order valence-corrected chi connectivity index (χ0v) is 16.1. The molecule has 1 fully saturated rings. The van der Waals surface area contributed by atoms with Gasteiger partial charge in [-0.3, -0.25) is 0 Å². The molecule has 1 heterocycles. The van der Waals surface area contributed by atoms with E-state index in [0.29, 0.717) is 12.0 Å². The fourth-order valence-corrected chi connectivity index (χ4v) is 3.89. The van der Waals surface area contributed by atoms with Crippen LogP contribution in [0, 0.1) is 11.8 Å². The van der Waals surface area contributed by atoms with Gasteiger partial charge < -0.3 is 4.74 Å². The van der Waals surface area contributed by atoms with Gasteiger partial charge in [0.15, 0.2) is 0 Å². The Bertz CT molecular complexity index is 591. The van der Waals surface area contributed by atoms with Crippen molar-refractivity contribution in [1.29, 1.82) is 0 Å². The first kappa shape index (κ1) is 18.2. The summed E-state index contributed by atoms with van der Waals surface area (Å²) in [7, 11) is 0. The van der Waals surface area contributed by atoms with Crippen molar-refractivity contribution in [1.82, 2.24) is 0 Å².